The van der Waals surface area contributed by atoms with Gasteiger partial charge in [0, 0.05) is 8.95 Å². The van der Waals surface area contributed by atoms with Crippen LogP contribution in [0.3, 0.4) is 0 Å². The molecular formula is C12H12Br4O2. The van der Waals surface area contributed by atoms with Gasteiger partial charge in [-0.05, 0) is 76.2 Å². The molecule has 0 aliphatic carbocycles. The number of hydrogen-bond acceptors (Lipinski definition) is 2. The molecule has 0 amide bonds. The van der Waals surface area contributed by atoms with Crippen LogP contribution < -0.4 is 4.74 Å². The lowest BCUT2D eigenvalue weighted by molar-refractivity contribution is -0.133. The van der Waals surface area contributed by atoms with Gasteiger partial charge in [0.1, 0.15) is 5.75 Å². The molecule has 1 heterocycles. The highest BCUT2D eigenvalue weighted by Crippen LogP contribution is 2.43. The second-order valence-electron chi connectivity index (χ2n) is 4.43. The van der Waals surface area contributed by atoms with Gasteiger partial charge in [0.25, 0.3) is 0 Å². The third kappa shape index (κ3) is 2.97. The Morgan fingerprint density at radius 1 is 1.17 bits per heavy atom. The summed E-state index contributed by atoms with van der Waals surface area (Å²) in [6, 6.07) is 1.96. The number of benzene rings is 1. The van der Waals surface area contributed by atoms with Crippen LogP contribution in [0.15, 0.2) is 24.0 Å². The first-order valence-corrected chi connectivity index (χ1v) is 8.70. The van der Waals surface area contributed by atoms with Gasteiger partial charge in [-0.25, -0.2) is 0 Å². The molecule has 1 saturated heterocycles. The Labute approximate surface area is 140 Å². The lowest BCUT2D eigenvalue weighted by Crippen LogP contribution is -2.46. The summed E-state index contributed by atoms with van der Waals surface area (Å²) in [5.74, 6) is 0.830. The van der Waals surface area contributed by atoms with E-state index in [-0.39, 0.29) is 5.41 Å². The van der Waals surface area contributed by atoms with Gasteiger partial charge in [0.2, 0.25) is 0 Å². The number of ether oxygens (including phenoxy) is 2. The Morgan fingerprint density at radius 3 is 2.33 bits per heavy atom. The third-order valence-electron chi connectivity index (χ3n) is 3.17. The van der Waals surface area contributed by atoms with Crippen LogP contribution in [0.1, 0.15) is 13.3 Å². The zero-order valence-corrected chi connectivity index (χ0v) is 16.1. The molecule has 0 saturated carbocycles. The maximum Gasteiger partial charge on any atom is 0.135 e. The standard InChI is InChI=1S/C12H12Br4O2/c1-2-12(4-17-5-12)6-18-8-3-7(13)9(14)11(16)10(8)15/h3H,2,4-6H2,1H3. The maximum atomic E-state index is 5.94. The van der Waals surface area contributed by atoms with Crippen molar-refractivity contribution in [3.8, 4) is 5.75 Å². The summed E-state index contributed by atoms with van der Waals surface area (Å²) >= 11 is 14.1. The second-order valence-corrected chi connectivity index (χ2v) is 7.67. The predicted molar refractivity (Wildman–Crippen MR) is 86.3 cm³/mol. The average molecular weight is 508 g/mol. The first-order valence-electron chi connectivity index (χ1n) is 5.52. The SMILES string of the molecule is CCC1(COc2cc(Br)c(Br)c(Br)c2Br)COC1. The second kappa shape index (κ2) is 6.12. The van der Waals surface area contributed by atoms with Crippen LogP contribution in [0.4, 0.5) is 0 Å². The van der Waals surface area contributed by atoms with Crippen LogP contribution in [-0.4, -0.2) is 19.8 Å². The van der Waals surface area contributed by atoms with Gasteiger partial charge in [0.05, 0.1) is 34.2 Å². The van der Waals surface area contributed by atoms with E-state index in [4.69, 9.17) is 9.47 Å². The van der Waals surface area contributed by atoms with Crippen LogP contribution in [-0.2, 0) is 4.74 Å². The zero-order chi connectivity index (χ0) is 13.3. The molecule has 0 radical (unpaired) electrons. The molecule has 0 atom stereocenters. The molecule has 18 heavy (non-hydrogen) atoms. The van der Waals surface area contributed by atoms with Crippen LogP contribution in [0.25, 0.3) is 0 Å². The summed E-state index contributed by atoms with van der Waals surface area (Å²) in [4.78, 5) is 0. The molecular weight excluding hydrogens is 496 g/mol. The van der Waals surface area contributed by atoms with Crippen molar-refractivity contribution in [2.24, 2.45) is 5.41 Å². The van der Waals surface area contributed by atoms with Crippen molar-refractivity contribution in [2.45, 2.75) is 13.3 Å². The van der Waals surface area contributed by atoms with Crippen molar-refractivity contribution in [3.63, 3.8) is 0 Å². The Bertz CT molecular complexity index is 452. The molecule has 1 aromatic carbocycles. The van der Waals surface area contributed by atoms with Crippen LogP contribution in [0.5, 0.6) is 5.75 Å². The van der Waals surface area contributed by atoms with E-state index in [1.54, 1.807) is 0 Å². The van der Waals surface area contributed by atoms with Gasteiger partial charge in [-0.3, -0.25) is 0 Å². The first-order chi connectivity index (χ1) is 8.49. The summed E-state index contributed by atoms with van der Waals surface area (Å²) in [6.45, 7) is 4.44. The van der Waals surface area contributed by atoms with Crippen LogP contribution in [0, 0.1) is 5.41 Å². The van der Waals surface area contributed by atoms with Crippen molar-refractivity contribution in [2.75, 3.05) is 19.8 Å². The smallest absolute Gasteiger partial charge is 0.135 e. The normalized spacial score (nSPS) is 17.4. The monoisotopic (exact) mass is 504 g/mol. The minimum absolute atomic E-state index is 0.186. The zero-order valence-electron chi connectivity index (χ0n) is 9.73. The highest BCUT2D eigenvalue weighted by molar-refractivity contribution is 9.15. The lowest BCUT2D eigenvalue weighted by atomic mass is 9.84. The molecule has 0 bridgehead atoms. The molecule has 2 nitrogen and oxygen atoms in total. The number of halogens is 4. The fourth-order valence-corrected chi connectivity index (χ4v) is 3.75. The van der Waals surface area contributed by atoms with Gasteiger partial charge in [-0.15, -0.1) is 0 Å². The molecule has 6 heteroatoms. The van der Waals surface area contributed by atoms with E-state index >= 15 is 0 Å². The van der Waals surface area contributed by atoms with E-state index in [1.807, 2.05) is 6.07 Å². The van der Waals surface area contributed by atoms with Gasteiger partial charge in [0.15, 0.2) is 0 Å². The minimum atomic E-state index is 0.186. The lowest BCUT2D eigenvalue weighted by Gasteiger charge is -2.40. The summed E-state index contributed by atoms with van der Waals surface area (Å²) in [6.07, 6.45) is 1.07. The largest absolute Gasteiger partial charge is 0.492 e. The molecule has 0 spiro atoms. The molecule has 2 rings (SSSR count). The van der Waals surface area contributed by atoms with E-state index in [0.29, 0.717) is 6.61 Å². The number of hydrogen-bond donors (Lipinski definition) is 0. The van der Waals surface area contributed by atoms with Gasteiger partial charge < -0.3 is 9.47 Å². The molecule has 1 aliphatic heterocycles. The van der Waals surface area contributed by atoms with Gasteiger partial charge >= 0.3 is 0 Å². The van der Waals surface area contributed by atoms with Crippen molar-refractivity contribution >= 4 is 63.7 Å². The molecule has 1 fully saturated rings. The Morgan fingerprint density at radius 2 is 1.83 bits per heavy atom. The molecule has 0 N–H and O–H groups in total. The van der Waals surface area contributed by atoms with Gasteiger partial charge in [-0.1, -0.05) is 6.92 Å². The van der Waals surface area contributed by atoms with E-state index in [1.165, 1.54) is 0 Å². The first kappa shape index (κ1) is 15.3. The predicted octanol–water partition coefficient (Wildman–Crippen LogP) is 5.54. The van der Waals surface area contributed by atoms with Gasteiger partial charge in [-0.2, -0.15) is 0 Å². The Kier molecular flexibility index (Phi) is 5.20. The Hall–Kier alpha value is 0.900. The fraction of sp³-hybridized carbons (Fsp3) is 0.500. The van der Waals surface area contributed by atoms with E-state index in [0.717, 1.165) is 43.3 Å². The summed E-state index contributed by atoms with van der Waals surface area (Å²) in [5, 5.41) is 0. The highest BCUT2D eigenvalue weighted by atomic mass is 79.9. The summed E-state index contributed by atoms with van der Waals surface area (Å²) < 4.78 is 15.0. The van der Waals surface area contributed by atoms with Crippen molar-refractivity contribution in [3.05, 3.63) is 24.0 Å². The number of rotatable bonds is 4. The topological polar surface area (TPSA) is 18.5 Å². The Balaban J connectivity index is 2.15. The third-order valence-corrected chi connectivity index (χ3v) is 7.80. The fourth-order valence-electron chi connectivity index (χ4n) is 1.67. The molecule has 0 unspecified atom stereocenters. The average Bonchev–Trinajstić information content (AvgIpc) is 2.32. The summed E-state index contributed by atoms with van der Waals surface area (Å²) in [5.41, 5.74) is 0.186. The van der Waals surface area contributed by atoms with Crippen LogP contribution >= 0.6 is 63.7 Å². The molecule has 0 aromatic heterocycles. The summed E-state index contributed by atoms with van der Waals surface area (Å²) in [7, 11) is 0. The van der Waals surface area contributed by atoms with Crippen molar-refractivity contribution in [1.29, 1.82) is 0 Å². The minimum Gasteiger partial charge on any atom is -0.492 e. The van der Waals surface area contributed by atoms with E-state index in [9.17, 15) is 0 Å². The maximum absolute atomic E-state index is 5.94. The highest BCUT2D eigenvalue weighted by Gasteiger charge is 2.37. The molecule has 100 valence electrons. The van der Waals surface area contributed by atoms with Crippen molar-refractivity contribution in [1.82, 2.24) is 0 Å². The van der Waals surface area contributed by atoms with E-state index in [2.05, 4.69) is 70.6 Å². The molecule has 1 aliphatic rings. The van der Waals surface area contributed by atoms with Crippen molar-refractivity contribution < 1.29 is 9.47 Å². The quantitative estimate of drug-likeness (QED) is 0.393. The van der Waals surface area contributed by atoms with Crippen LogP contribution in [0.2, 0.25) is 0 Å². The molecule has 1 aromatic rings. The van der Waals surface area contributed by atoms with E-state index < -0.39 is 0 Å².